The molecule has 0 radical (unpaired) electrons. The van der Waals surface area contributed by atoms with Crippen molar-refractivity contribution in [2.75, 3.05) is 0 Å². The highest BCUT2D eigenvalue weighted by atomic mass is 16.3. The molecule has 0 N–H and O–H groups in total. The number of furan rings is 1. The van der Waals surface area contributed by atoms with Gasteiger partial charge in [-0.15, -0.1) is 0 Å². The van der Waals surface area contributed by atoms with Crippen LogP contribution in [-0.4, -0.2) is 0 Å². The van der Waals surface area contributed by atoms with Crippen LogP contribution in [0.4, 0.5) is 0 Å². The Morgan fingerprint density at radius 2 is 0.915 bits per heavy atom. The second-order valence-electron chi connectivity index (χ2n) is 11.7. The molecule has 10 aromatic rings. The highest BCUT2D eigenvalue weighted by molar-refractivity contribution is 6.22. The number of hydrogen-bond acceptors (Lipinski definition) is 1. The third-order valence-corrected chi connectivity index (χ3v) is 9.09. The van der Waals surface area contributed by atoms with Crippen molar-refractivity contribution in [2.24, 2.45) is 0 Å². The third-order valence-electron chi connectivity index (χ3n) is 9.09. The summed E-state index contributed by atoms with van der Waals surface area (Å²) in [4.78, 5) is 0. The fourth-order valence-corrected chi connectivity index (χ4v) is 6.99. The first-order valence-corrected chi connectivity index (χ1v) is 15.5. The van der Waals surface area contributed by atoms with Crippen LogP contribution in [0.5, 0.6) is 0 Å². The van der Waals surface area contributed by atoms with E-state index >= 15 is 0 Å². The Kier molecular flexibility index (Phi) is 4.05. The highest BCUT2D eigenvalue weighted by Gasteiger charge is 2.18. The molecule has 1 aromatic heterocycles. The molecule has 0 atom stereocenters. The molecule has 1 heterocycles. The molecule has 0 amide bonds. The van der Waals surface area contributed by atoms with Crippen LogP contribution in [0.1, 0.15) is 12.3 Å². The summed E-state index contributed by atoms with van der Waals surface area (Å²) >= 11 is 0. The Hall–Kier alpha value is -6.18. The quantitative estimate of drug-likeness (QED) is 0.183. The maximum absolute atomic E-state index is 9.73. The first-order valence-electron chi connectivity index (χ1n) is 20.0. The van der Waals surface area contributed by atoms with E-state index in [1.54, 1.807) is 0 Å². The molecule has 9 aromatic carbocycles. The van der Waals surface area contributed by atoms with Crippen LogP contribution in [-0.2, 0) is 0 Å². The summed E-state index contributed by atoms with van der Waals surface area (Å²) in [5.41, 5.74) is 4.62. The van der Waals surface area contributed by atoms with Crippen molar-refractivity contribution in [1.82, 2.24) is 0 Å². The van der Waals surface area contributed by atoms with Gasteiger partial charge in [0.15, 0.2) is 0 Å². The Labute approximate surface area is 284 Å². The van der Waals surface area contributed by atoms with Crippen LogP contribution in [0.15, 0.2) is 174 Å². The van der Waals surface area contributed by atoms with Gasteiger partial charge >= 0.3 is 0 Å². The van der Waals surface area contributed by atoms with Crippen molar-refractivity contribution in [2.45, 2.75) is 0 Å². The number of rotatable bonds is 3. The second-order valence-corrected chi connectivity index (χ2v) is 11.7. The minimum atomic E-state index is -0.537. The van der Waals surface area contributed by atoms with Gasteiger partial charge < -0.3 is 4.42 Å². The minimum Gasteiger partial charge on any atom is -0.456 e. The van der Waals surface area contributed by atoms with E-state index in [9.17, 15) is 5.48 Å². The Morgan fingerprint density at radius 3 is 1.62 bits per heavy atom. The van der Waals surface area contributed by atoms with Crippen LogP contribution in [0, 0.1) is 0 Å². The largest absolute Gasteiger partial charge is 0.456 e. The van der Waals surface area contributed by atoms with Gasteiger partial charge in [0.1, 0.15) is 11.2 Å². The molecule has 0 fully saturated rings. The SMILES string of the molecule is [2H]c1c(-c2c3ccccc3c(-c3ccc(-c4cccc5ccccc45)cc3)c3ccccc23)c([2H])c2c(oc3c([2H])c4c([2H])c([2H])c([2H])c([2H])c4c([2H])c32)c1[2H]. The predicted molar refractivity (Wildman–Crippen MR) is 200 cm³/mol. The van der Waals surface area contributed by atoms with E-state index in [-0.39, 0.29) is 68.5 Å². The van der Waals surface area contributed by atoms with Crippen molar-refractivity contribution in [1.29, 1.82) is 0 Å². The average Bonchev–Trinajstić information content (AvgIpc) is 3.64. The molecular formula is C46H28O. The maximum atomic E-state index is 9.73. The summed E-state index contributed by atoms with van der Waals surface area (Å²) in [6.07, 6.45) is 0. The molecule has 47 heavy (non-hydrogen) atoms. The van der Waals surface area contributed by atoms with Crippen molar-refractivity contribution in [3.05, 3.63) is 170 Å². The molecule has 0 spiro atoms. The lowest BCUT2D eigenvalue weighted by atomic mass is 9.85. The predicted octanol–water partition coefficient (Wildman–Crippen LogP) is 13.2. The van der Waals surface area contributed by atoms with E-state index in [0.29, 0.717) is 5.56 Å². The molecule has 0 saturated heterocycles. The molecule has 0 aliphatic rings. The molecule has 0 saturated carbocycles. The maximum Gasteiger partial charge on any atom is 0.136 e. The molecule has 0 aliphatic heterocycles. The van der Waals surface area contributed by atoms with E-state index in [1.165, 1.54) is 10.8 Å². The van der Waals surface area contributed by atoms with E-state index in [4.69, 9.17) is 11.3 Å². The van der Waals surface area contributed by atoms with Gasteiger partial charge in [-0.1, -0.05) is 145 Å². The van der Waals surface area contributed by atoms with Gasteiger partial charge in [0.2, 0.25) is 0 Å². The van der Waals surface area contributed by atoms with Crippen molar-refractivity contribution in [3.63, 3.8) is 0 Å². The monoisotopic (exact) mass is 605 g/mol. The molecule has 1 heteroatoms. The Morgan fingerprint density at radius 1 is 0.362 bits per heavy atom. The van der Waals surface area contributed by atoms with Crippen molar-refractivity contribution >= 4 is 65.0 Å². The summed E-state index contributed by atoms with van der Waals surface area (Å²) in [5.74, 6) is 0. The topological polar surface area (TPSA) is 13.1 Å². The molecule has 0 unspecified atom stereocenters. The van der Waals surface area contributed by atoms with Gasteiger partial charge in [0.25, 0.3) is 0 Å². The average molecular weight is 606 g/mol. The zero-order valence-electron chi connectivity index (χ0n) is 33.9. The van der Waals surface area contributed by atoms with Crippen molar-refractivity contribution in [3.8, 4) is 33.4 Å². The molecule has 0 bridgehead atoms. The van der Waals surface area contributed by atoms with Crippen LogP contribution >= 0.6 is 0 Å². The molecule has 218 valence electrons. The van der Waals surface area contributed by atoms with E-state index in [1.807, 2.05) is 60.7 Å². The molecular weight excluding hydrogens is 569 g/mol. The van der Waals surface area contributed by atoms with Gasteiger partial charge in [-0.2, -0.15) is 0 Å². The first kappa shape index (κ1) is 18.7. The van der Waals surface area contributed by atoms with E-state index in [2.05, 4.69) is 54.6 Å². The second kappa shape index (κ2) is 10.2. The van der Waals surface area contributed by atoms with E-state index in [0.717, 1.165) is 43.8 Å². The number of hydrogen-bond donors (Lipinski definition) is 0. The van der Waals surface area contributed by atoms with Crippen molar-refractivity contribution < 1.29 is 16.8 Å². The smallest absolute Gasteiger partial charge is 0.136 e. The highest BCUT2D eigenvalue weighted by Crippen LogP contribution is 2.45. The fourth-order valence-electron chi connectivity index (χ4n) is 6.99. The zero-order chi connectivity index (χ0) is 38.7. The Bertz CT molecular complexity index is 3290. The lowest BCUT2D eigenvalue weighted by Gasteiger charge is -2.18. The van der Waals surface area contributed by atoms with Gasteiger partial charge in [-0.25, -0.2) is 0 Å². The third kappa shape index (κ3) is 4.03. The summed E-state index contributed by atoms with van der Waals surface area (Å²) in [6, 6.07) is 35.3. The van der Waals surface area contributed by atoms with Crippen LogP contribution in [0.2, 0.25) is 0 Å². The lowest BCUT2D eigenvalue weighted by molar-refractivity contribution is 0.669. The first-order chi connectivity index (χ1) is 27.1. The standard InChI is InChI=1S/C46H28O/c1-2-12-33-28-44-42(26-32(33)11-1)41-27-34(24-25-43(41)47-44)46-39-17-7-5-15-37(39)45(38-16-6-8-18-40(38)46)31-22-20-30(21-23-31)36-19-9-13-29-10-3-4-14-35(29)36/h1-28H/i1D,2D,11D,12D,24D,25D,26D,27D,28D. The van der Waals surface area contributed by atoms with E-state index < -0.39 is 24.2 Å². The lowest BCUT2D eigenvalue weighted by Crippen LogP contribution is -1.91. The number of benzene rings is 9. The van der Waals surface area contributed by atoms with Crippen LogP contribution < -0.4 is 0 Å². The van der Waals surface area contributed by atoms with Crippen LogP contribution in [0.25, 0.3) is 98.4 Å². The molecule has 10 rings (SSSR count). The molecule has 0 aliphatic carbocycles. The number of fused-ring (bicyclic) bond motifs is 7. The van der Waals surface area contributed by atoms with Gasteiger partial charge in [0.05, 0.1) is 12.3 Å². The summed E-state index contributed by atoms with van der Waals surface area (Å²) in [6.45, 7) is 0. The normalized spacial score (nSPS) is 14.5. The summed E-state index contributed by atoms with van der Waals surface area (Å²) < 4.78 is 86.2. The summed E-state index contributed by atoms with van der Waals surface area (Å²) in [7, 11) is 0. The Balaban J connectivity index is 1.27. The fraction of sp³-hybridized carbons (Fsp3) is 0. The minimum absolute atomic E-state index is 0.00111. The van der Waals surface area contributed by atoms with Gasteiger partial charge in [0, 0.05) is 10.8 Å². The summed E-state index contributed by atoms with van der Waals surface area (Å²) in [5, 5.41) is 5.35. The zero-order valence-corrected chi connectivity index (χ0v) is 24.9. The van der Waals surface area contributed by atoms with Crippen LogP contribution in [0.3, 0.4) is 0 Å². The molecule has 1 nitrogen and oxygen atoms in total. The van der Waals surface area contributed by atoms with Gasteiger partial charge in [-0.3, -0.25) is 0 Å². The van der Waals surface area contributed by atoms with Gasteiger partial charge in [-0.05, 0) is 101 Å².